The molecule has 30 heavy (non-hydrogen) atoms. The third kappa shape index (κ3) is 3.67. The van der Waals surface area contributed by atoms with Gasteiger partial charge in [-0.05, 0) is 39.7 Å². The van der Waals surface area contributed by atoms with E-state index >= 15 is 0 Å². The van der Waals surface area contributed by atoms with Crippen molar-refractivity contribution in [3.05, 3.63) is 23.8 Å². The number of allylic oxidation sites excluding steroid dienone is 1. The third-order valence-electron chi connectivity index (χ3n) is 6.69. The first-order valence-corrected chi connectivity index (χ1v) is 10.3. The minimum absolute atomic E-state index is 0.0622. The van der Waals surface area contributed by atoms with Gasteiger partial charge in [-0.1, -0.05) is 12.2 Å². The Morgan fingerprint density at radius 1 is 1.33 bits per heavy atom. The van der Waals surface area contributed by atoms with E-state index in [1.54, 1.807) is 13.8 Å². The van der Waals surface area contributed by atoms with Crippen LogP contribution in [0.3, 0.4) is 0 Å². The van der Waals surface area contributed by atoms with E-state index in [1.807, 2.05) is 13.0 Å². The topological polar surface area (TPSA) is 104 Å². The highest BCUT2D eigenvalue weighted by Crippen LogP contribution is 2.49. The second-order valence-corrected chi connectivity index (χ2v) is 8.94. The van der Waals surface area contributed by atoms with Gasteiger partial charge in [0, 0.05) is 18.9 Å². The Morgan fingerprint density at radius 2 is 2.03 bits per heavy atom. The molecule has 3 heterocycles. The van der Waals surface area contributed by atoms with Gasteiger partial charge < -0.3 is 23.7 Å². The first-order chi connectivity index (χ1) is 14.1. The van der Waals surface area contributed by atoms with E-state index < -0.39 is 47.2 Å². The highest BCUT2D eigenvalue weighted by atomic mass is 16.7. The zero-order chi connectivity index (χ0) is 21.8. The van der Waals surface area contributed by atoms with Crippen LogP contribution in [0, 0.1) is 5.92 Å². The summed E-state index contributed by atoms with van der Waals surface area (Å²) >= 11 is 0. The molecule has 0 spiro atoms. The fourth-order valence-electron chi connectivity index (χ4n) is 4.45. The number of carbonyl (C=O) groups is 3. The molecular weight excluding hydrogens is 392 g/mol. The van der Waals surface area contributed by atoms with Crippen LogP contribution in [-0.4, -0.2) is 60.1 Å². The molecule has 4 aliphatic rings. The first kappa shape index (κ1) is 21.1. The van der Waals surface area contributed by atoms with Crippen molar-refractivity contribution < 1.29 is 38.1 Å². The Kier molecular flexibility index (Phi) is 5.05. The Balaban J connectivity index is 1.66. The van der Waals surface area contributed by atoms with E-state index in [4.69, 9.17) is 23.7 Å². The molecular formula is C22H28O8. The lowest BCUT2D eigenvalue weighted by Crippen LogP contribution is -2.42. The molecule has 0 amide bonds. The lowest BCUT2D eigenvalue weighted by Gasteiger charge is -2.29. The molecule has 0 bridgehead atoms. The van der Waals surface area contributed by atoms with Crippen LogP contribution in [-0.2, 0) is 38.1 Å². The van der Waals surface area contributed by atoms with Crippen LogP contribution in [0.15, 0.2) is 23.8 Å². The normalized spacial score (nSPS) is 44.0. The standard InChI is InChI=1S/C22H28O8/c1-11-6-7-17-22(30-17,10-26-14(4)23)9-16(28-20(25)21(5)13(3)29-21)18-12(2)19(24)27-15(18)8-11/h8,13,15-18H,2,6-7,9-10H2,1,3-5H3/b11-8-/t13-,15-,16-,17-,18+,21-,22+/m1/s1. The summed E-state index contributed by atoms with van der Waals surface area (Å²) < 4.78 is 28.1. The molecule has 0 radical (unpaired) electrons. The summed E-state index contributed by atoms with van der Waals surface area (Å²) in [6, 6.07) is 0. The van der Waals surface area contributed by atoms with E-state index in [2.05, 4.69) is 6.58 Å². The minimum Gasteiger partial charge on any atom is -0.463 e. The smallest absolute Gasteiger partial charge is 0.341 e. The molecule has 3 saturated heterocycles. The van der Waals surface area contributed by atoms with Gasteiger partial charge in [-0.2, -0.15) is 0 Å². The summed E-state index contributed by atoms with van der Waals surface area (Å²) in [5.41, 5.74) is -0.463. The fraction of sp³-hybridized carbons (Fsp3) is 0.682. The molecule has 7 atom stereocenters. The molecule has 1 aliphatic carbocycles. The van der Waals surface area contributed by atoms with Gasteiger partial charge in [0.1, 0.15) is 24.4 Å². The van der Waals surface area contributed by atoms with Gasteiger partial charge in [0.2, 0.25) is 0 Å². The number of carbonyl (C=O) groups excluding carboxylic acids is 3. The van der Waals surface area contributed by atoms with Crippen molar-refractivity contribution in [2.24, 2.45) is 5.92 Å². The average molecular weight is 420 g/mol. The van der Waals surface area contributed by atoms with Crippen LogP contribution < -0.4 is 0 Å². The van der Waals surface area contributed by atoms with Crippen LogP contribution in [0.2, 0.25) is 0 Å². The quantitative estimate of drug-likeness (QED) is 0.224. The summed E-state index contributed by atoms with van der Waals surface area (Å²) in [5, 5.41) is 0. The Labute approximate surface area is 175 Å². The van der Waals surface area contributed by atoms with Gasteiger partial charge in [-0.25, -0.2) is 9.59 Å². The SMILES string of the molecule is C=C1C(=O)O[C@@H]2/C=C(/C)CC[C@H]3O[C@]3(COC(C)=O)C[C@@H](OC(=O)[C@]3(C)O[C@@H]3C)[C@@H]12. The largest absolute Gasteiger partial charge is 0.463 e. The van der Waals surface area contributed by atoms with E-state index in [-0.39, 0.29) is 30.8 Å². The third-order valence-corrected chi connectivity index (χ3v) is 6.69. The monoisotopic (exact) mass is 420 g/mol. The summed E-state index contributed by atoms with van der Waals surface area (Å²) in [4.78, 5) is 36.6. The zero-order valence-electron chi connectivity index (χ0n) is 17.8. The predicted octanol–water partition coefficient (Wildman–Crippen LogP) is 2.00. The van der Waals surface area contributed by atoms with Crippen molar-refractivity contribution in [1.29, 1.82) is 0 Å². The van der Waals surface area contributed by atoms with Crippen LogP contribution in [0.5, 0.6) is 0 Å². The van der Waals surface area contributed by atoms with Gasteiger partial charge in [0.15, 0.2) is 5.60 Å². The number of hydrogen-bond donors (Lipinski definition) is 0. The highest BCUT2D eigenvalue weighted by Gasteiger charge is 2.62. The van der Waals surface area contributed by atoms with Crippen molar-refractivity contribution in [3.8, 4) is 0 Å². The highest BCUT2D eigenvalue weighted by molar-refractivity contribution is 5.91. The number of rotatable bonds is 4. The van der Waals surface area contributed by atoms with Gasteiger partial charge in [0.25, 0.3) is 0 Å². The molecule has 8 heteroatoms. The van der Waals surface area contributed by atoms with Crippen LogP contribution >= 0.6 is 0 Å². The number of epoxide rings is 2. The van der Waals surface area contributed by atoms with Crippen molar-refractivity contribution in [2.45, 2.75) is 82.6 Å². The lowest BCUT2D eigenvalue weighted by atomic mass is 9.82. The van der Waals surface area contributed by atoms with Gasteiger partial charge in [-0.3, -0.25) is 4.79 Å². The molecule has 0 aromatic heterocycles. The summed E-state index contributed by atoms with van der Waals surface area (Å²) in [6.45, 7) is 10.7. The summed E-state index contributed by atoms with van der Waals surface area (Å²) in [7, 11) is 0. The molecule has 8 nitrogen and oxygen atoms in total. The Bertz CT molecular complexity index is 831. The lowest BCUT2D eigenvalue weighted by molar-refractivity contribution is -0.160. The maximum atomic E-state index is 12.8. The Hall–Kier alpha value is -2.19. The molecule has 3 aliphatic heterocycles. The van der Waals surface area contributed by atoms with Crippen LogP contribution in [0.1, 0.15) is 47.0 Å². The number of ether oxygens (including phenoxy) is 5. The number of esters is 3. The molecule has 0 N–H and O–H groups in total. The van der Waals surface area contributed by atoms with Gasteiger partial charge in [0.05, 0.1) is 18.1 Å². The minimum atomic E-state index is -1.01. The maximum absolute atomic E-state index is 12.8. The molecule has 164 valence electrons. The van der Waals surface area contributed by atoms with Crippen molar-refractivity contribution in [3.63, 3.8) is 0 Å². The predicted molar refractivity (Wildman–Crippen MR) is 103 cm³/mol. The molecule has 0 saturated carbocycles. The number of hydrogen-bond acceptors (Lipinski definition) is 8. The summed E-state index contributed by atoms with van der Waals surface area (Å²) in [6.07, 6.45) is 1.98. The van der Waals surface area contributed by atoms with E-state index in [1.165, 1.54) is 6.92 Å². The van der Waals surface area contributed by atoms with E-state index in [0.29, 0.717) is 0 Å². The zero-order valence-corrected chi connectivity index (χ0v) is 17.8. The maximum Gasteiger partial charge on any atom is 0.341 e. The van der Waals surface area contributed by atoms with Crippen molar-refractivity contribution in [2.75, 3.05) is 6.61 Å². The molecule has 4 rings (SSSR count). The fourth-order valence-corrected chi connectivity index (χ4v) is 4.45. The van der Waals surface area contributed by atoms with Crippen molar-refractivity contribution >= 4 is 17.9 Å². The molecule has 3 fully saturated rings. The summed E-state index contributed by atoms with van der Waals surface area (Å²) in [5.74, 6) is -1.96. The molecule has 0 aromatic rings. The van der Waals surface area contributed by atoms with E-state index in [0.717, 1.165) is 18.4 Å². The van der Waals surface area contributed by atoms with Gasteiger partial charge >= 0.3 is 17.9 Å². The Morgan fingerprint density at radius 3 is 2.67 bits per heavy atom. The van der Waals surface area contributed by atoms with Gasteiger partial charge in [-0.15, -0.1) is 0 Å². The first-order valence-electron chi connectivity index (χ1n) is 10.3. The van der Waals surface area contributed by atoms with Crippen molar-refractivity contribution in [1.82, 2.24) is 0 Å². The average Bonchev–Trinajstić information content (AvgIpc) is 3.50. The second-order valence-electron chi connectivity index (χ2n) is 8.94. The second kappa shape index (κ2) is 7.20. The van der Waals surface area contributed by atoms with E-state index in [9.17, 15) is 14.4 Å². The molecule has 0 unspecified atom stereocenters. The van der Waals surface area contributed by atoms with Crippen LogP contribution in [0.4, 0.5) is 0 Å². The molecule has 0 aromatic carbocycles. The van der Waals surface area contributed by atoms with Crippen LogP contribution in [0.25, 0.3) is 0 Å². The number of fused-ring (bicyclic) bond motifs is 2.